The Balaban J connectivity index is 1.60. The summed E-state index contributed by atoms with van der Waals surface area (Å²) in [6.07, 6.45) is 6.64. The van der Waals surface area contributed by atoms with Crippen molar-refractivity contribution in [3.63, 3.8) is 0 Å². The van der Waals surface area contributed by atoms with Crippen molar-refractivity contribution >= 4 is 11.9 Å². The van der Waals surface area contributed by atoms with Gasteiger partial charge in [-0.25, -0.2) is 0 Å². The highest BCUT2D eigenvalue weighted by Crippen LogP contribution is 2.34. The lowest BCUT2D eigenvalue weighted by Gasteiger charge is -2.31. The van der Waals surface area contributed by atoms with E-state index in [1.807, 2.05) is 0 Å². The highest BCUT2D eigenvalue weighted by Gasteiger charge is 2.44. The van der Waals surface area contributed by atoms with E-state index >= 15 is 0 Å². The molecule has 5 heteroatoms. The molecule has 1 amide bonds. The lowest BCUT2D eigenvalue weighted by Crippen LogP contribution is -2.48. The second kappa shape index (κ2) is 5.12. The minimum atomic E-state index is -0.768. The molecule has 5 unspecified atom stereocenters. The third-order valence-electron chi connectivity index (χ3n) is 5.05. The summed E-state index contributed by atoms with van der Waals surface area (Å²) in [6, 6.07) is 0.650. The Hall–Kier alpha value is -1.10. The number of carbonyl (C=O) groups excluding carboxylic acids is 1. The average Bonchev–Trinajstić information content (AvgIpc) is 3.01. The lowest BCUT2D eigenvalue weighted by molar-refractivity contribution is -0.144. The van der Waals surface area contributed by atoms with Gasteiger partial charge in [0.05, 0.1) is 11.8 Å². The van der Waals surface area contributed by atoms with Gasteiger partial charge in [0.25, 0.3) is 0 Å². The number of fused-ring (bicyclic) bond motifs is 2. The molecule has 1 aliphatic carbocycles. The van der Waals surface area contributed by atoms with Gasteiger partial charge < -0.3 is 15.7 Å². The standard InChI is InChI=1S/C14H22N2O3/c17-13(10-7-8-5-6-12(10)15-8)16-11-4-2-1-3-9(11)14(18)19/h8-12,15H,1-7H2,(H,16,17)(H,18,19). The van der Waals surface area contributed by atoms with E-state index in [1.54, 1.807) is 0 Å². The van der Waals surface area contributed by atoms with Crippen molar-refractivity contribution < 1.29 is 14.7 Å². The van der Waals surface area contributed by atoms with Gasteiger partial charge in [0, 0.05) is 18.1 Å². The van der Waals surface area contributed by atoms with Gasteiger partial charge in [-0.15, -0.1) is 0 Å². The Bertz CT molecular complexity index is 385. The van der Waals surface area contributed by atoms with Crippen LogP contribution in [0.4, 0.5) is 0 Å². The normalized spacial score (nSPS) is 41.2. The van der Waals surface area contributed by atoms with E-state index in [0.29, 0.717) is 18.5 Å². The van der Waals surface area contributed by atoms with Crippen molar-refractivity contribution in [2.24, 2.45) is 11.8 Å². The van der Waals surface area contributed by atoms with Crippen LogP contribution in [0.1, 0.15) is 44.9 Å². The minimum Gasteiger partial charge on any atom is -0.481 e. The molecule has 0 aromatic heterocycles. The molecular formula is C14H22N2O3. The molecule has 0 radical (unpaired) electrons. The van der Waals surface area contributed by atoms with Gasteiger partial charge in [-0.05, 0) is 32.1 Å². The number of amides is 1. The van der Waals surface area contributed by atoms with Gasteiger partial charge in [-0.3, -0.25) is 9.59 Å². The fourth-order valence-corrected chi connectivity index (χ4v) is 4.00. The topological polar surface area (TPSA) is 78.4 Å². The van der Waals surface area contributed by atoms with Gasteiger partial charge in [0.1, 0.15) is 0 Å². The molecule has 5 nitrogen and oxygen atoms in total. The Labute approximate surface area is 113 Å². The maximum absolute atomic E-state index is 12.3. The van der Waals surface area contributed by atoms with Crippen LogP contribution in [0, 0.1) is 11.8 Å². The summed E-state index contributed by atoms with van der Waals surface area (Å²) in [6.45, 7) is 0. The van der Waals surface area contributed by atoms with Crippen LogP contribution in [0.3, 0.4) is 0 Å². The second-order valence-corrected chi connectivity index (χ2v) is 6.23. The first-order valence-corrected chi connectivity index (χ1v) is 7.44. The number of rotatable bonds is 3. The molecule has 0 spiro atoms. The maximum Gasteiger partial charge on any atom is 0.308 e. The molecule has 0 aromatic carbocycles. The quantitative estimate of drug-likeness (QED) is 0.709. The molecule has 5 atom stereocenters. The van der Waals surface area contributed by atoms with Crippen LogP contribution < -0.4 is 10.6 Å². The number of hydrogen-bond acceptors (Lipinski definition) is 3. The smallest absolute Gasteiger partial charge is 0.308 e. The summed E-state index contributed by atoms with van der Waals surface area (Å²) >= 11 is 0. The van der Waals surface area contributed by atoms with Gasteiger partial charge in [-0.1, -0.05) is 12.8 Å². The van der Waals surface area contributed by atoms with Crippen molar-refractivity contribution in [2.75, 3.05) is 0 Å². The number of aliphatic carboxylic acids is 1. The monoisotopic (exact) mass is 266 g/mol. The first-order chi connectivity index (χ1) is 9.15. The van der Waals surface area contributed by atoms with E-state index in [2.05, 4.69) is 10.6 Å². The molecule has 2 saturated heterocycles. The zero-order valence-corrected chi connectivity index (χ0v) is 11.1. The van der Waals surface area contributed by atoms with E-state index in [-0.39, 0.29) is 17.9 Å². The van der Waals surface area contributed by atoms with Crippen LogP contribution in [0.2, 0.25) is 0 Å². The molecule has 3 fully saturated rings. The summed E-state index contributed by atoms with van der Waals surface area (Å²) < 4.78 is 0. The minimum absolute atomic E-state index is 0.0510. The molecule has 2 bridgehead atoms. The molecular weight excluding hydrogens is 244 g/mol. The fraction of sp³-hybridized carbons (Fsp3) is 0.857. The van der Waals surface area contributed by atoms with E-state index < -0.39 is 11.9 Å². The Morgan fingerprint density at radius 1 is 1.05 bits per heavy atom. The largest absolute Gasteiger partial charge is 0.481 e. The van der Waals surface area contributed by atoms with Crippen LogP contribution in [0.15, 0.2) is 0 Å². The van der Waals surface area contributed by atoms with Gasteiger partial charge >= 0.3 is 5.97 Å². The first kappa shape index (κ1) is 12.9. The summed E-state index contributed by atoms with van der Waals surface area (Å²) in [5.41, 5.74) is 0. The van der Waals surface area contributed by atoms with Crippen molar-refractivity contribution in [1.29, 1.82) is 0 Å². The van der Waals surface area contributed by atoms with Crippen molar-refractivity contribution in [3.8, 4) is 0 Å². The van der Waals surface area contributed by atoms with E-state index in [4.69, 9.17) is 0 Å². The molecule has 3 aliphatic rings. The lowest BCUT2D eigenvalue weighted by atomic mass is 9.83. The fourth-order valence-electron chi connectivity index (χ4n) is 4.00. The van der Waals surface area contributed by atoms with Crippen molar-refractivity contribution in [3.05, 3.63) is 0 Å². The van der Waals surface area contributed by atoms with Crippen LogP contribution in [0.25, 0.3) is 0 Å². The summed E-state index contributed by atoms with van der Waals surface area (Å²) in [7, 11) is 0. The Morgan fingerprint density at radius 2 is 1.84 bits per heavy atom. The maximum atomic E-state index is 12.3. The third-order valence-corrected chi connectivity index (χ3v) is 5.05. The molecule has 2 heterocycles. The average molecular weight is 266 g/mol. The summed E-state index contributed by atoms with van der Waals surface area (Å²) in [4.78, 5) is 23.6. The van der Waals surface area contributed by atoms with E-state index in [1.165, 1.54) is 6.42 Å². The second-order valence-electron chi connectivity index (χ2n) is 6.23. The van der Waals surface area contributed by atoms with Crippen LogP contribution >= 0.6 is 0 Å². The zero-order chi connectivity index (χ0) is 13.4. The number of carboxylic acids is 1. The highest BCUT2D eigenvalue weighted by atomic mass is 16.4. The first-order valence-electron chi connectivity index (χ1n) is 7.44. The Kier molecular flexibility index (Phi) is 3.48. The van der Waals surface area contributed by atoms with Crippen molar-refractivity contribution in [2.45, 2.75) is 63.1 Å². The van der Waals surface area contributed by atoms with E-state index in [9.17, 15) is 14.7 Å². The van der Waals surface area contributed by atoms with Crippen molar-refractivity contribution in [1.82, 2.24) is 10.6 Å². The molecule has 1 saturated carbocycles. The van der Waals surface area contributed by atoms with Gasteiger partial charge in [0.15, 0.2) is 0 Å². The molecule has 19 heavy (non-hydrogen) atoms. The van der Waals surface area contributed by atoms with Gasteiger partial charge in [-0.2, -0.15) is 0 Å². The zero-order valence-electron chi connectivity index (χ0n) is 11.1. The molecule has 2 aliphatic heterocycles. The molecule has 3 N–H and O–H groups in total. The third kappa shape index (κ3) is 2.48. The molecule has 0 aromatic rings. The van der Waals surface area contributed by atoms with Crippen LogP contribution in [-0.2, 0) is 9.59 Å². The Morgan fingerprint density at radius 3 is 2.47 bits per heavy atom. The van der Waals surface area contributed by atoms with Gasteiger partial charge in [0.2, 0.25) is 5.91 Å². The van der Waals surface area contributed by atoms with Crippen LogP contribution in [-0.4, -0.2) is 35.1 Å². The summed E-state index contributed by atoms with van der Waals surface area (Å²) in [5, 5.41) is 15.7. The predicted molar refractivity (Wildman–Crippen MR) is 69.6 cm³/mol. The highest BCUT2D eigenvalue weighted by molar-refractivity contribution is 5.81. The van der Waals surface area contributed by atoms with Crippen LogP contribution in [0.5, 0.6) is 0 Å². The summed E-state index contributed by atoms with van der Waals surface area (Å²) in [5.74, 6) is -1.05. The molecule has 106 valence electrons. The number of hydrogen-bond donors (Lipinski definition) is 3. The SMILES string of the molecule is O=C(O)C1CCCCC1NC(=O)C1CC2CCC1N2. The molecule has 3 rings (SSSR count). The number of carbonyl (C=O) groups is 2. The number of carboxylic acid groups (broad SMARTS) is 1. The predicted octanol–water partition coefficient (Wildman–Crippen LogP) is 0.887. The van der Waals surface area contributed by atoms with E-state index in [0.717, 1.165) is 32.1 Å². The number of nitrogens with one attached hydrogen (secondary N) is 2.